The van der Waals surface area contributed by atoms with E-state index in [1.165, 1.54) is 55.2 Å². The first-order valence-corrected chi connectivity index (χ1v) is 21.2. The number of hydrogen-bond donors (Lipinski definition) is 0. The Morgan fingerprint density at radius 1 is 0.492 bits per heavy atom. The van der Waals surface area contributed by atoms with E-state index in [9.17, 15) is 0 Å². The van der Waals surface area contributed by atoms with Gasteiger partial charge in [-0.05, 0) is 81.4 Å². The van der Waals surface area contributed by atoms with Crippen LogP contribution in [0.25, 0.3) is 100 Å². The van der Waals surface area contributed by atoms with Crippen LogP contribution in [-0.4, -0.2) is 19.5 Å². The number of hydrogen-bond acceptors (Lipinski definition) is 4. The number of allylic oxidation sites excluding steroid dienone is 4. The lowest BCUT2D eigenvalue weighted by atomic mass is 9.70. The largest absolute Gasteiger partial charge is 0.456 e. The first kappa shape index (κ1) is 35.4. The minimum absolute atomic E-state index is 0.542. The molecule has 0 fully saturated rings. The van der Waals surface area contributed by atoms with Crippen LogP contribution in [0.5, 0.6) is 0 Å². The molecule has 1 spiro atoms. The monoisotopic (exact) mass is 804 g/mol. The Hall–Kier alpha value is -8.41. The number of furan rings is 1. The molecule has 3 aromatic heterocycles. The highest BCUT2D eigenvalue weighted by Gasteiger charge is 2.53. The molecule has 0 aliphatic heterocycles. The van der Waals surface area contributed by atoms with Crippen LogP contribution >= 0.6 is 0 Å². The third kappa shape index (κ3) is 4.90. The Kier molecular flexibility index (Phi) is 7.46. The van der Waals surface area contributed by atoms with Crippen LogP contribution in [-0.2, 0) is 5.41 Å². The van der Waals surface area contributed by atoms with Gasteiger partial charge in [0.15, 0.2) is 17.5 Å². The quantitative estimate of drug-likeness (QED) is 0.174. The highest BCUT2D eigenvalue weighted by molar-refractivity contribution is 6.17. The van der Waals surface area contributed by atoms with Gasteiger partial charge in [0, 0.05) is 49.5 Å². The van der Waals surface area contributed by atoms with Gasteiger partial charge in [-0.1, -0.05) is 165 Å². The first-order chi connectivity index (χ1) is 31.1. The van der Waals surface area contributed by atoms with E-state index in [1.807, 2.05) is 78.9 Å². The molecular weight excluding hydrogens is 769 g/mol. The van der Waals surface area contributed by atoms with Crippen LogP contribution < -0.4 is 0 Å². The molecule has 3 heterocycles. The summed E-state index contributed by atoms with van der Waals surface area (Å²) < 4.78 is 9.01. The van der Waals surface area contributed by atoms with Gasteiger partial charge in [-0.25, -0.2) is 15.0 Å². The fourth-order valence-electron chi connectivity index (χ4n) is 10.6. The molecule has 11 aromatic rings. The van der Waals surface area contributed by atoms with E-state index in [4.69, 9.17) is 25.9 Å². The maximum Gasteiger partial charge on any atom is 0.164 e. The van der Waals surface area contributed by atoms with Crippen molar-refractivity contribution in [1.29, 1.82) is 0 Å². The summed E-state index contributed by atoms with van der Waals surface area (Å²) in [7, 11) is 0. The molecule has 0 N–H and O–H groups in total. The highest BCUT2D eigenvalue weighted by atomic mass is 16.3. The van der Waals surface area contributed by atoms with Crippen molar-refractivity contribution in [1.82, 2.24) is 19.5 Å². The molecule has 13 rings (SSSR count). The first-order valence-electron chi connectivity index (χ1n) is 21.2. The zero-order chi connectivity index (χ0) is 41.8. The smallest absolute Gasteiger partial charge is 0.164 e. The normalized spacial score (nSPS) is 15.8. The van der Waals surface area contributed by atoms with Crippen LogP contribution in [0.3, 0.4) is 0 Å². The van der Waals surface area contributed by atoms with Crippen LogP contribution in [0.4, 0.5) is 0 Å². The van der Waals surface area contributed by atoms with Crippen LogP contribution in [0.2, 0.25) is 0 Å². The van der Waals surface area contributed by atoms with E-state index in [2.05, 4.69) is 126 Å². The average molecular weight is 805 g/mol. The molecule has 294 valence electrons. The minimum atomic E-state index is -0.542. The number of para-hydroxylation sites is 1. The number of nitrogens with zero attached hydrogens (tertiary/aromatic N) is 4. The van der Waals surface area contributed by atoms with Crippen molar-refractivity contribution in [2.24, 2.45) is 0 Å². The third-order valence-corrected chi connectivity index (χ3v) is 13.2. The highest BCUT2D eigenvalue weighted by Crippen LogP contribution is 2.64. The summed E-state index contributed by atoms with van der Waals surface area (Å²) in [5, 5.41) is 4.40. The number of benzene rings is 8. The van der Waals surface area contributed by atoms with Crippen LogP contribution in [0.1, 0.15) is 22.3 Å². The summed E-state index contributed by atoms with van der Waals surface area (Å²) in [6.07, 6.45) is 4.08. The van der Waals surface area contributed by atoms with Gasteiger partial charge in [-0.3, -0.25) is 0 Å². The maximum absolute atomic E-state index is 6.55. The molecule has 0 saturated heterocycles. The lowest BCUT2D eigenvalue weighted by Crippen LogP contribution is -2.25. The molecule has 63 heavy (non-hydrogen) atoms. The molecule has 5 nitrogen and oxygen atoms in total. The third-order valence-electron chi connectivity index (χ3n) is 13.2. The number of rotatable bonds is 5. The van der Waals surface area contributed by atoms with Gasteiger partial charge in [0.05, 0.1) is 16.4 Å². The zero-order valence-corrected chi connectivity index (χ0v) is 34.1. The lowest BCUT2D eigenvalue weighted by Gasteiger charge is -2.30. The molecule has 0 saturated carbocycles. The molecule has 0 bridgehead atoms. The predicted molar refractivity (Wildman–Crippen MR) is 257 cm³/mol. The van der Waals surface area contributed by atoms with Crippen molar-refractivity contribution >= 4 is 49.3 Å². The molecule has 2 aliphatic carbocycles. The van der Waals surface area contributed by atoms with Gasteiger partial charge in [-0.15, -0.1) is 0 Å². The van der Waals surface area contributed by atoms with Crippen LogP contribution in [0, 0.1) is 0 Å². The maximum atomic E-state index is 6.55. The van der Waals surface area contributed by atoms with E-state index >= 15 is 0 Å². The van der Waals surface area contributed by atoms with Gasteiger partial charge in [-0.2, -0.15) is 0 Å². The SMILES string of the molecule is C=C/C=C1\C(=C)c2ccccc2C12c1ccccc1-c1c2ccc2c3ccccc3n(-c3ccc4oc5ccc(-c6nc(-c7ccccc7)nc(-c7ccccc7)n6)cc5c4c3)c12. The predicted octanol–water partition coefficient (Wildman–Crippen LogP) is 14.3. The molecule has 8 aromatic carbocycles. The molecular formula is C58H36N4O. The van der Waals surface area contributed by atoms with E-state index in [-0.39, 0.29) is 0 Å². The Bertz CT molecular complexity index is 3720. The van der Waals surface area contributed by atoms with Crippen molar-refractivity contribution in [2.75, 3.05) is 0 Å². The summed E-state index contributed by atoms with van der Waals surface area (Å²) in [6, 6.07) is 64.1. The van der Waals surface area contributed by atoms with Gasteiger partial charge in [0.1, 0.15) is 11.2 Å². The summed E-state index contributed by atoms with van der Waals surface area (Å²) in [5.41, 5.74) is 16.8. The number of aromatic nitrogens is 4. The van der Waals surface area contributed by atoms with Crippen molar-refractivity contribution < 1.29 is 4.42 Å². The fraction of sp³-hybridized carbons (Fsp3) is 0.0172. The van der Waals surface area contributed by atoms with E-state index in [0.29, 0.717) is 17.5 Å². The van der Waals surface area contributed by atoms with Crippen molar-refractivity contribution in [2.45, 2.75) is 5.41 Å². The molecule has 0 amide bonds. The number of fused-ring (bicyclic) bond motifs is 14. The summed E-state index contributed by atoms with van der Waals surface area (Å²) in [4.78, 5) is 15.0. The Morgan fingerprint density at radius 3 is 1.79 bits per heavy atom. The van der Waals surface area contributed by atoms with Gasteiger partial charge in [0.25, 0.3) is 0 Å². The van der Waals surface area contributed by atoms with Crippen molar-refractivity contribution in [3.63, 3.8) is 0 Å². The second kappa shape index (κ2) is 13.3. The van der Waals surface area contributed by atoms with E-state index in [0.717, 1.165) is 55.4 Å². The topological polar surface area (TPSA) is 56.7 Å². The summed E-state index contributed by atoms with van der Waals surface area (Å²) >= 11 is 0. The van der Waals surface area contributed by atoms with Crippen LogP contribution in [0.15, 0.2) is 217 Å². The summed E-state index contributed by atoms with van der Waals surface area (Å²) in [6.45, 7) is 8.87. The van der Waals surface area contributed by atoms with E-state index < -0.39 is 5.41 Å². The Morgan fingerprint density at radius 2 is 1.08 bits per heavy atom. The molecule has 5 heteroatoms. The average Bonchev–Trinajstić information content (AvgIpc) is 4.05. The second-order valence-electron chi connectivity index (χ2n) is 16.4. The standard InChI is InChI=1S/C58H36N4O/c1-3-16-46-35(2)40-21-10-13-24-47(40)58(46)48-25-14-11-23-43(48)53-49(58)30-29-42-41-22-12-15-26-50(41)62(54(42)53)39-28-32-52-45(34-39)44-33-38(27-31-51(44)63-52)57-60-55(36-17-6-4-7-18-36)59-56(61-57)37-19-8-5-9-20-37/h3-34H,1-2H2/b46-16+. The van der Waals surface area contributed by atoms with Gasteiger partial charge >= 0.3 is 0 Å². The molecule has 0 radical (unpaired) electrons. The van der Waals surface area contributed by atoms with Crippen molar-refractivity contribution in [3.8, 4) is 51.0 Å². The van der Waals surface area contributed by atoms with Gasteiger partial charge < -0.3 is 8.98 Å². The lowest BCUT2D eigenvalue weighted by molar-refractivity contribution is 0.669. The zero-order valence-electron chi connectivity index (χ0n) is 34.1. The Labute approximate surface area is 363 Å². The molecule has 1 unspecified atom stereocenters. The summed E-state index contributed by atoms with van der Waals surface area (Å²) in [5.74, 6) is 1.85. The van der Waals surface area contributed by atoms with Gasteiger partial charge in [0.2, 0.25) is 0 Å². The minimum Gasteiger partial charge on any atom is -0.456 e. The molecule has 1 atom stereocenters. The van der Waals surface area contributed by atoms with E-state index in [1.54, 1.807) is 0 Å². The Balaban J connectivity index is 1.06. The van der Waals surface area contributed by atoms with Crippen molar-refractivity contribution in [3.05, 3.63) is 235 Å². The fourth-order valence-corrected chi connectivity index (χ4v) is 10.6. The molecule has 2 aliphatic rings. The second-order valence-corrected chi connectivity index (χ2v) is 16.4.